The molecule has 0 radical (unpaired) electrons. The van der Waals surface area contributed by atoms with E-state index in [9.17, 15) is 4.79 Å². The summed E-state index contributed by atoms with van der Waals surface area (Å²) in [6.07, 6.45) is 4.22. The molecule has 0 saturated carbocycles. The molecule has 0 spiro atoms. The van der Waals surface area contributed by atoms with Crippen LogP contribution in [-0.4, -0.2) is 50.9 Å². The first-order chi connectivity index (χ1) is 12.2. The number of aromatic nitrogens is 3. The molecule has 0 unspecified atom stereocenters. The zero-order valence-electron chi connectivity index (χ0n) is 14.3. The molecule has 0 bridgehead atoms. The molecule has 25 heavy (non-hydrogen) atoms. The van der Waals surface area contributed by atoms with Crippen molar-refractivity contribution < 1.29 is 4.79 Å². The Hall–Kier alpha value is -2.41. The average molecular weight is 355 g/mol. The van der Waals surface area contributed by atoms with Crippen LogP contribution in [0, 0.1) is 6.92 Å². The predicted octanol–water partition coefficient (Wildman–Crippen LogP) is 2.54. The molecule has 3 aromatic rings. The lowest BCUT2D eigenvalue weighted by atomic mass is 10.2. The summed E-state index contributed by atoms with van der Waals surface area (Å²) in [5, 5.41) is 1.21. The normalized spacial score (nSPS) is 15.1. The van der Waals surface area contributed by atoms with E-state index in [1.165, 1.54) is 10.1 Å². The molecule has 0 N–H and O–H groups in total. The van der Waals surface area contributed by atoms with E-state index >= 15 is 0 Å². The highest BCUT2D eigenvalue weighted by molar-refractivity contribution is 7.13. The molecule has 1 fully saturated rings. The van der Waals surface area contributed by atoms with Crippen molar-refractivity contribution in [3.8, 4) is 0 Å². The number of benzene rings is 1. The minimum absolute atomic E-state index is 0.218. The second-order valence-electron chi connectivity index (χ2n) is 6.29. The highest BCUT2D eigenvalue weighted by atomic mass is 32.1. The molecule has 1 aliphatic heterocycles. The van der Waals surface area contributed by atoms with Crippen molar-refractivity contribution in [3.05, 3.63) is 42.5 Å². The van der Waals surface area contributed by atoms with Crippen molar-refractivity contribution >= 4 is 33.3 Å². The van der Waals surface area contributed by atoms with Crippen LogP contribution < -0.4 is 4.90 Å². The van der Waals surface area contributed by atoms with E-state index in [-0.39, 0.29) is 5.91 Å². The van der Waals surface area contributed by atoms with E-state index in [1.54, 1.807) is 17.7 Å². The third kappa shape index (κ3) is 3.24. The Morgan fingerprint density at radius 3 is 2.76 bits per heavy atom. The number of carbonyl (C=O) groups excluding carboxylic acids is 1. The van der Waals surface area contributed by atoms with Gasteiger partial charge in [0.15, 0.2) is 0 Å². The molecular weight excluding hydrogens is 334 g/mol. The smallest absolute Gasteiger partial charge is 0.224 e. The molecule has 4 rings (SSSR count). The first-order valence-electron chi connectivity index (χ1n) is 8.57. The van der Waals surface area contributed by atoms with Gasteiger partial charge in [0.05, 0.1) is 4.70 Å². The molecule has 1 saturated heterocycles. The van der Waals surface area contributed by atoms with Crippen LogP contribution >= 0.6 is 11.5 Å². The maximum Gasteiger partial charge on any atom is 0.224 e. The summed E-state index contributed by atoms with van der Waals surface area (Å²) in [5.74, 6) is 2.23. The van der Waals surface area contributed by atoms with Gasteiger partial charge in [-0.25, -0.2) is 4.98 Å². The Kier molecular flexibility index (Phi) is 4.40. The number of rotatable bonds is 4. The zero-order valence-corrected chi connectivity index (χ0v) is 15.1. The summed E-state index contributed by atoms with van der Waals surface area (Å²) >= 11 is 1.54. The van der Waals surface area contributed by atoms with E-state index in [0.717, 1.165) is 37.8 Å². The van der Waals surface area contributed by atoms with Crippen LogP contribution in [0.2, 0.25) is 0 Å². The lowest BCUT2D eigenvalue weighted by Gasteiger charge is -2.35. The van der Waals surface area contributed by atoms with E-state index in [0.29, 0.717) is 13.0 Å². The van der Waals surface area contributed by atoms with Crippen molar-refractivity contribution in [3.63, 3.8) is 0 Å². The van der Waals surface area contributed by atoms with Gasteiger partial charge < -0.3 is 14.4 Å². The topological polar surface area (TPSA) is 54.3 Å². The molecule has 0 atom stereocenters. The second kappa shape index (κ2) is 6.84. The van der Waals surface area contributed by atoms with Gasteiger partial charge in [0.2, 0.25) is 5.91 Å². The minimum Gasteiger partial charge on any atom is -0.352 e. The number of anilines is 1. The Morgan fingerprint density at radius 1 is 1.20 bits per heavy atom. The summed E-state index contributed by atoms with van der Waals surface area (Å²) in [6, 6.07) is 8.33. The second-order valence-corrected chi connectivity index (χ2v) is 7.09. The lowest BCUT2D eigenvalue weighted by molar-refractivity contribution is -0.131. The maximum atomic E-state index is 12.5. The maximum absolute atomic E-state index is 12.5. The fourth-order valence-electron chi connectivity index (χ4n) is 3.28. The number of piperazine rings is 1. The fourth-order valence-corrected chi connectivity index (χ4v) is 4.08. The first kappa shape index (κ1) is 16.1. The van der Waals surface area contributed by atoms with Crippen molar-refractivity contribution in [2.24, 2.45) is 0 Å². The van der Waals surface area contributed by atoms with Gasteiger partial charge in [0.1, 0.15) is 11.6 Å². The number of imidazole rings is 1. The average Bonchev–Trinajstić information content (AvgIpc) is 3.26. The molecule has 7 heteroatoms. The van der Waals surface area contributed by atoms with Gasteiger partial charge in [-0.3, -0.25) is 4.79 Å². The summed E-state index contributed by atoms with van der Waals surface area (Å²) < 4.78 is 7.86. The quantitative estimate of drug-likeness (QED) is 0.722. The van der Waals surface area contributed by atoms with E-state index in [2.05, 4.69) is 32.5 Å². The fraction of sp³-hybridized carbons (Fsp3) is 0.389. The minimum atomic E-state index is 0.218. The first-order valence-corrected chi connectivity index (χ1v) is 9.34. The molecule has 2 aromatic heterocycles. The summed E-state index contributed by atoms with van der Waals surface area (Å²) in [7, 11) is 0. The van der Waals surface area contributed by atoms with Gasteiger partial charge in [-0.05, 0) is 30.6 Å². The highest BCUT2D eigenvalue weighted by Crippen LogP contribution is 2.29. The highest BCUT2D eigenvalue weighted by Gasteiger charge is 2.23. The summed E-state index contributed by atoms with van der Waals surface area (Å²) in [4.78, 5) is 20.9. The molecule has 130 valence electrons. The lowest BCUT2D eigenvalue weighted by Crippen LogP contribution is -2.49. The van der Waals surface area contributed by atoms with Crippen LogP contribution in [-0.2, 0) is 11.3 Å². The number of hydrogen-bond donors (Lipinski definition) is 0. The number of fused-ring (bicyclic) bond motifs is 1. The van der Waals surface area contributed by atoms with E-state index in [4.69, 9.17) is 0 Å². The molecule has 1 aromatic carbocycles. The van der Waals surface area contributed by atoms with E-state index < -0.39 is 0 Å². The van der Waals surface area contributed by atoms with Crippen LogP contribution in [0.15, 0.2) is 36.7 Å². The zero-order chi connectivity index (χ0) is 17.2. The Labute approximate surface area is 150 Å². The van der Waals surface area contributed by atoms with Gasteiger partial charge in [-0.15, -0.1) is 0 Å². The summed E-state index contributed by atoms with van der Waals surface area (Å²) in [6.45, 7) is 5.84. The number of aryl methyl sites for hydroxylation is 2. The van der Waals surface area contributed by atoms with Crippen molar-refractivity contribution in [2.75, 3.05) is 31.1 Å². The molecule has 6 nitrogen and oxygen atoms in total. The number of carbonyl (C=O) groups is 1. The summed E-state index contributed by atoms with van der Waals surface area (Å²) in [5.41, 5.74) is 0. The van der Waals surface area contributed by atoms with Crippen LogP contribution in [0.25, 0.3) is 10.1 Å². The molecule has 1 aliphatic rings. The van der Waals surface area contributed by atoms with Crippen molar-refractivity contribution in [1.29, 1.82) is 0 Å². The predicted molar refractivity (Wildman–Crippen MR) is 100.0 cm³/mol. The van der Waals surface area contributed by atoms with Gasteiger partial charge in [0, 0.05) is 56.9 Å². The van der Waals surface area contributed by atoms with Crippen LogP contribution in [0.4, 0.5) is 5.82 Å². The molecule has 3 heterocycles. The molecule has 0 aliphatic carbocycles. The van der Waals surface area contributed by atoms with E-state index in [1.807, 2.05) is 28.7 Å². The third-order valence-corrected chi connectivity index (χ3v) is 5.60. The van der Waals surface area contributed by atoms with Crippen LogP contribution in [0.5, 0.6) is 0 Å². The van der Waals surface area contributed by atoms with Crippen LogP contribution in [0.3, 0.4) is 0 Å². The standard InChI is InChI=1S/C18H21N5OS/c1-14-19-7-9-21(14)8-6-17(24)22-10-12-23(13-11-22)18-15-4-2-3-5-16(15)25-20-18/h2-5,7,9H,6,8,10-13H2,1H3. The SMILES string of the molecule is Cc1nccn1CCC(=O)N1CCN(c2nsc3ccccc23)CC1. The van der Waals surface area contributed by atoms with Gasteiger partial charge in [-0.1, -0.05) is 12.1 Å². The Balaban J connectivity index is 1.35. The number of amides is 1. The monoisotopic (exact) mass is 355 g/mol. The molecular formula is C18H21N5OS. The van der Waals surface area contributed by atoms with Gasteiger partial charge >= 0.3 is 0 Å². The largest absolute Gasteiger partial charge is 0.352 e. The number of nitrogens with zero attached hydrogens (tertiary/aromatic N) is 5. The van der Waals surface area contributed by atoms with Crippen molar-refractivity contribution in [2.45, 2.75) is 19.9 Å². The number of hydrogen-bond acceptors (Lipinski definition) is 5. The van der Waals surface area contributed by atoms with Crippen LogP contribution in [0.1, 0.15) is 12.2 Å². The molecule has 1 amide bonds. The van der Waals surface area contributed by atoms with Crippen molar-refractivity contribution in [1.82, 2.24) is 18.8 Å². The Bertz CT molecular complexity index is 878. The van der Waals surface area contributed by atoms with Gasteiger partial charge in [0.25, 0.3) is 0 Å². The third-order valence-electron chi connectivity index (χ3n) is 4.78. The van der Waals surface area contributed by atoms with Gasteiger partial charge in [-0.2, -0.15) is 4.37 Å². The Morgan fingerprint density at radius 2 is 2.00 bits per heavy atom.